The zero-order valence-electron chi connectivity index (χ0n) is 13.8. The summed E-state index contributed by atoms with van der Waals surface area (Å²) in [5.41, 5.74) is 0.542. The van der Waals surface area contributed by atoms with Gasteiger partial charge in [-0.05, 0) is 48.5 Å². The number of hydrogen-bond donors (Lipinski definition) is 2. The molecule has 138 valence electrons. The maximum Gasteiger partial charge on any atom is 0.261 e. The number of anilines is 2. The van der Waals surface area contributed by atoms with Crippen molar-refractivity contribution < 1.29 is 17.6 Å². The maximum atomic E-state index is 13.7. The molecule has 3 rings (SSSR count). The number of benzene rings is 3. The Labute approximate surface area is 160 Å². The van der Waals surface area contributed by atoms with Crippen LogP contribution in [-0.2, 0) is 10.0 Å². The van der Waals surface area contributed by atoms with E-state index in [-0.39, 0.29) is 16.1 Å². The monoisotopic (exact) mass is 404 g/mol. The van der Waals surface area contributed by atoms with Gasteiger partial charge in [0.1, 0.15) is 5.82 Å². The minimum absolute atomic E-state index is 0.0972. The van der Waals surface area contributed by atoms with Crippen molar-refractivity contribution in [1.29, 1.82) is 0 Å². The highest BCUT2D eigenvalue weighted by Gasteiger charge is 2.17. The predicted octanol–water partition coefficient (Wildman–Crippen LogP) is 4.53. The van der Waals surface area contributed by atoms with Gasteiger partial charge >= 0.3 is 0 Å². The van der Waals surface area contributed by atoms with E-state index in [1.165, 1.54) is 42.5 Å². The van der Waals surface area contributed by atoms with Crippen molar-refractivity contribution in [3.63, 3.8) is 0 Å². The first-order valence-corrected chi connectivity index (χ1v) is 9.66. The van der Waals surface area contributed by atoms with Gasteiger partial charge < -0.3 is 5.32 Å². The normalized spacial score (nSPS) is 11.0. The van der Waals surface area contributed by atoms with E-state index in [0.29, 0.717) is 10.7 Å². The molecule has 0 fully saturated rings. The summed E-state index contributed by atoms with van der Waals surface area (Å²) in [4.78, 5) is 12.2. The fourth-order valence-electron chi connectivity index (χ4n) is 2.29. The number of rotatable bonds is 5. The van der Waals surface area contributed by atoms with Crippen molar-refractivity contribution >= 4 is 38.9 Å². The molecule has 0 aliphatic rings. The molecule has 0 atom stereocenters. The van der Waals surface area contributed by atoms with Crippen molar-refractivity contribution in [3.05, 3.63) is 89.2 Å². The van der Waals surface area contributed by atoms with Crippen LogP contribution in [0.5, 0.6) is 0 Å². The van der Waals surface area contributed by atoms with Crippen LogP contribution in [0.15, 0.2) is 77.7 Å². The van der Waals surface area contributed by atoms with Gasteiger partial charge in [-0.1, -0.05) is 35.9 Å². The van der Waals surface area contributed by atoms with Crippen LogP contribution in [0.4, 0.5) is 15.8 Å². The summed E-state index contributed by atoms with van der Waals surface area (Å²) in [5.74, 6) is -1.12. The molecule has 3 aromatic carbocycles. The molecule has 0 aliphatic heterocycles. The molecule has 8 heteroatoms. The molecule has 0 aliphatic carbocycles. The number of hydrogen-bond acceptors (Lipinski definition) is 3. The van der Waals surface area contributed by atoms with E-state index in [2.05, 4.69) is 10.0 Å². The van der Waals surface area contributed by atoms with Gasteiger partial charge in [-0.3, -0.25) is 9.52 Å². The molecule has 0 aromatic heterocycles. The van der Waals surface area contributed by atoms with Crippen molar-refractivity contribution in [2.45, 2.75) is 4.90 Å². The van der Waals surface area contributed by atoms with Gasteiger partial charge in [0, 0.05) is 5.56 Å². The fraction of sp³-hybridized carbons (Fsp3) is 0. The molecule has 0 spiro atoms. The molecule has 0 bridgehead atoms. The highest BCUT2D eigenvalue weighted by atomic mass is 35.5. The number of sulfonamides is 1. The van der Waals surface area contributed by atoms with Crippen LogP contribution in [0.3, 0.4) is 0 Å². The van der Waals surface area contributed by atoms with Gasteiger partial charge in [-0.25, -0.2) is 12.8 Å². The van der Waals surface area contributed by atoms with Crippen LogP contribution in [0.2, 0.25) is 5.02 Å². The Bertz CT molecular complexity index is 1090. The third kappa shape index (κ3) is 4.45. The fourth-order valence-corrected chi connectivity index (χ4v) is 3.54. The second kappa shape index (κ2) is 7.77. The van der Waals surface area contributed by atoms with Gasteiger partial charge in [0.05, 0.1) is 21.3 Å². The molecular weight excluding hydrogens is 391 g/mol. The Balaban J connectivity index is 1.77. The molecule has 1 amide bonds. The molecule has 0 unspecified atom stereocenters. The number of carbonyl (C=O) groups excluding carboxylic acids is 1. The van der Waals surface area contributed by atoms with Gasteiger partial charge in [-0.15, -0.1) is 0 Å². The molecule has 2 N–H and O–H groups in total. The van der Waals surface area contributed by atoms with Crippen LogP contribution >= 0.6 is 11.6 Å². The van der Waals surface area contributed by atoms with Crippen LogP contribution in [0, 0.1) is 5.82 Å². The molecule has 27 heavy (non-hydrogen) atoms. The van der Waals surface area contributed by atoms with Crippen molar-refractivity contribution in [2.24, 2.45) is 0 Å². The summed E-state index contributed by atoms with van der Waals surface area (Å²) in [5, 5.41) is 3.03. The van der Waals surface area contributed by atoms with Gasteiger partial charge in [0.2, 0.25) is 0 Å². The number of para-hydroxylation sites is 2. The van der Waals surface area contributed by atoms with Crippen LogP contribution < -0.4 is 10.0 Å². The van der Waals surface area contributed by atoms with E-state index in [9.17, 15) is 17.6 Å². The largest absolute Gasteiger partial charge is 0.321 e. The quantitative estimate of drug-likeness (QED) is 0.655. The molecular formula is C19H14ClFN2O3S. The summed E-state index contributed by atoms with van der Waals surface area (Å²) in [6, 6.07) is 17.5. The number of amides is 1. The molecule has 0 radical (unpaired) electrons. The molecule has 3 aromatic rings. The van der Waals surface area contributed by atoms with Crippen LogP contribution in [-0.4, -0.2) is 14.3 Å². The average Bonchev–Trinajstić information content (AvgIpc) is 2.65. The Kier molecular flexibility index (Phi) is 5.43. The minimum Gasteiger partial charge on any atom is -0.321 e. The maximum absolute atomic E-state index is 13.7. The third-order valence-electron chi connectivity index (χ3n) is 3.67. The van der Waals surface area contributed by atoms with Crippen molar-refractivity contribution in [1.82, 2.24) is 0 Å². The minimum atomic E-state index is -3.99. The predicted molar refractivity (Wildman–Crippen MR) is 103 cm³/mol. The number of nitrogens with one attached hydrogen (secondary N) is 2. The SMILES string of the molecule is O=C(Nc1ccccc1Cl)c1ccc(S(=O)(=O)Nc2ccccc2F)cc1. The first-order valence-electron chi connectivity index (χ1n) is 7.80. The Morgan fingerprint density at radius 1 is 0.852 bits per heavy atom. The molecule has 0 saturated carbocycles. The summed E-state index contributed by atoms with van der Waals surface area (Å²) in [7, 11) is -3.99. The average molecular weight is 405 g/mol. The highest BCUT2D eigenvalue weighted by Crippen LogP contribution is 2.22. The second-order valence-corrected chi connectivity index (χ2v) is 7.63. The first kappa shape index (κ1) is 18.9. The Morgan fingerprint density at radius 2 is 1.44 bits per heavy atom. The lowest BCUT2D eigenvalue weighted by molar-refractivity contribution is 0.102. The lowest BCUT2D eigenvalue weighted by Gasteiger charge is -2.10. The van der Waals surface area contributed by atoms with E-state index >= 15 is 0 Å². The zero-order chi connectivity index (χ0) is 19.4. The van der Waals surface area contributed by atoms with Gasteiger partial charge in [-0.2, -0.15) is 0 Å². The molecule has 0 saturated heterocycles. The zero-order valence-corrected chi connectivity index (χ0v) is 15.4. The van der Waals surface area contributed by atoms with E-state index in [4.69, 9.17) is 11.6 Å². The van der Waals surface area contributed by atoms with E-state index in [1.807, 2.05) is 0 Å². The van der Waals surface area contributed by atoms with E-state index < -0.39 is 21.7 Å². The van der Waals surface area contributed by atoms with Crippen LogP contribution in [0.1, 0.15) is 10.4 Å². The van der Waals surface area contributed by atoms with E-state index in [0.717, 1.165) is 6.07 Å². The molecule has 5 nitrogen and oxygen atoms in total. The second-order valence-electron chi connectivity index (χ2n) is 5.54. The van der Waals surface area contributed by atoms with Crippen molar-refractivity contribution in [2.75, 3.05) is 10.0 Å². The smallest absolute Gasteiger partial charge is 0.261 e. The lowest BCUT2D eigenvalue weighted by atomic mass is 10.2. The van der Waals surface area contributed by atoms with Crippen molar-refractivity contribution in [3.8, 4) is 0 Å². The summed E-state index contributed by atoms with van der Waals surface area (Å²) < 4.78 is 40.6. The number of carbonyl (C=O) groups is 1. The highest BCUT2D eigenvalue weighted by molar-refractivity contribution is 7.92. The lowest BCUT2D eigenvalue weighted by Crippen LogP contribution is -2.15. The number of halogens is 2. The standard InChI is InChI=1S/C19H14ClFN2O3S/c20-15-5-1-3-7-17(15)22-19(24)13-9-11-14(12-10-13)27(25,26)23-18-8-4-2-6-16(18)21/h1-12,23H,(H,22,24). The van der Waals surface area contributed by atoms with E-state index in [1.54, 1.807) is 24.3 Å². The Morgan fingerprint density at radius 3 is 2.07 bits per heavy atom. The summed E-state index contributed by atoms with van der Waals surface area (Å²) in [6.07, 6.45) is 0. The molecule has 0 heterocycles. The first-order chi connectivity index (χ1) is 12.9. The summed E-state index contributed by atoms with van der Waals surface area (Å²) in [6.45, 7) is 0. The summed E-state index contributed by atoms with van der Waals surface area (Å²) >= 11 is 6.00. The topological polar surface area (TPSA) is 75.3 Å². The van der Waals surface area contributed by atoms with Gasteiger partial charge in [0.15, 0.2) is 0 Å². The van der Waals surface area contributed by atoms with Gasteiger partial charge in [0.25, 0.3) is 15.9 Å². The third-order valence-corrected chi connectivity index (χ3v) is 5.38. The Hall–Kier alpha value is -2.90. The van der Waals surface area contributed by atoms with Crippen LogP contribution in [0.25, 0.3) is 0 Å².